The molecule has 0 radical (unpaired) electrons. The lowest BCUT2D eigenvalue weighted by Gasteiger charge is -2.11. The number of carbonyl (C=O) groups excluding carboxylic acids is 1. The van der Waals surface area contributed by atoms with Crippen molar-refractivity contribution in [1.82, 2.24) is 9.78 Å². The van der Waals surface area contributed by atoms with E-state index in [4.69, 9.17) is 9.47 Å². The number of nitrogens with one attached hydrogen (secondary N) is 1. The van der Waals surface area contributed by atoms with Crippen molar-refractivity contribution in [2.24, 2.45) is 7.05 Å². The molecule has 0 saturated carbocycles. The first-order valence-electron chi connectivity index (χ1n) is 7.00. The SMILES string of the molecule is COc1ccc(NC(=O)c2cc3c(C)nn(C)c3s2)c(OC)c1. The van der Waals surface area contributed by atoms with Gasteiger partial charge in [-0.2, -0.15) is 5.10 Å². The van der Waals surface area contributed by atoms with Crippen LogP contribution in [-0.2, 0) is 7.05 Å². The van der Waals surface area contributed by atoms with Gasteiger partial charge in [-0.05, 0) is 25.1 Å². The second-order valence-electron chi connectivity index (χ2n) is 5.06. The van der Waals surface area contributed by atoms with E-state index in [-0.39, 0.29) is 5.91 Å². The Balaban J connectivity index is 1.90. The van der Waals surface area contributed by atoms with Gasteiger partial charge in [-0.3, -0.25) is 9.48 Å². The Morgan fingerprint density at radius 2 is 2.04 bits per heavy atom. The molecule has 0 spiro atoms. The maximum absolute atomic E-state index is 12.5. The smallest absolute Gasteiger partial charge is 0.265 e. The van der Waals surface area contributed by atoms with Crippen molar-refractivity contribution in [2.75, 3.05) is 19.5 Å². The van der Waals surface area contributed by atoms with Crippen molar-refractivity contribution >= 4 is 33.1 Å². The van der Waals surface area contributed by atoms with E-state index in [1.165, 1.54) is 11.3 Å². The number of hydrogen-bond donors (Lipinski definition) is 1. The highest BCUT2D eigenvalue weighted by molar-refractivity contribution is 7.20. The fraction of sp³-hybridized carbons (Fsp3) is 0.250. The second kappa shape index (κ2) is 5.92. The van der Waals surface area contributed by atoms with Crippen LogP contribution >= 0.6 is 11.3 Å². The van der Waals surface area contributed by atoms with Gasteiger partial charge in [0.25, 0.3) is 5.91 Å². The highest BCUT2D eigenvalue weighted by Gasteiger charge is 2.16. The fourth-order valence-corrected chi connectivity index (χ4v) is 3.42. The molecule has 1 aromatic carbocycles. The van der Waals surface area contributed by atoms with Crippen LogP contribution in [0.5, 0.6) is 11.5 Å². The molecule has 1 N–H and O–H groups in total. The summed E-state index contributed by atoms with van der Waals surface area (Å²) in [5, 5.41) is 8.23. The maximum atomic E-state index is 12.5. The normalized spacial score (nSPS) is 10.8. The second-order valence-corrected chi connectivity index (χ2v) is 6.09. The largest absolute Gasteiger partial charge is 0.497 e. The molecule has 2 heterocycles. The van der Waals surface area contributed by atoms with Gasteiger partial charge < -0.3 is 14.8 Å². The number of amides is 1. The van der Waals surface area contributed by atoms with E-state index in [9.17, 15) is 4.79 Å². The molecule has 0 saturated heterocycles. The molecule has 0 bridgehead atoms. The number of benzene rings is 1. The summed E-state index contributed by atoms with van der Waals surface area (Å²) in [7, 11) is 5.01. The number of carbonyl (C=O) groups is 1. The van der Waals surface area contributed by atoms with Crippen LogP contribution < -0.4 is 14.8 Å². The first kappa shape index (κ1) is 15.4. The average molecular weight is 331 g/mol. The lowest BCUT2D eigenvalue weighted by molar-refractivity contribution is 0.103. The van der Waals surface area contributed by atoms with Gasteiger partial charge in [-0.15, -0.1) is 11.3 Å². The van der Waals surface area contributed by atoms with E-state index in [0.29, 0.717) is 22.1 Å². The number of thiophene rings is 1. The van der Waals surface area contributed by atoms with Gasteiger partial charge in [0, 0.05) is 18.5 Å². The van der Waals surface area contributed by atoms with Gasteiger partial charge in [0.05, 0.1) is 30.5 Å². The molecule has 0 aliphatic heterocycles. The van der Waals surface area contributed by atoms with Gasteiger partial charge >= 0.3 is 0 Å². The van der Waals surface area contributed by atoms with Crippen LogP contribution in [0, 0.1) is 6.92 Å². The van der Waals surface area contributed by atoms with Gasteiger partial charge in [0.15, 0.2) is 0 Å². The average Bonchev–Trinajstić information content (AvgIpc) is 3.10. The maximum Gasteiger partial charge on any atom is 0.265 e. The van der Waals surface area contributed by atoms with Crippen LogP contribution in [0.25, 0.3) is 10.2 Å². The molecule has 1 amide bonds. The first-order chi connectivity index (χ1) is 11.0. The minimum atomic E-state index is -0.172. The van der Waals surface area contributed by atoms with Crippen molar-refractivity contribution in [1.29, 1.82) is 0 Å². The summed E-state index contributed by atoms with van der Waals surface area (Å²) in [4.78, 5) is 14.1. The van der Waals surface area contributed by atoms with Crippen LogP contribution in [0.2, 0.25) is 0 Å². The van der Waals surface area contributed by atoms with Gasteiger partial charge in [0.1, 0.15) is 16.3 Å². The third-order valence-corrected chi connectivity index (χ3v) is 4.78. The number of hydrogen-bond acceptors (Lipinski definition) is 5. The molecule has 23 heavy (non-hydrogen) atoms. The molecule has 6 nitrogen and oxygen atoms in total. The molecular weight excluding hydrogens is 314 g/mol. The number of nitrogens with zero attached hydrogens (tertiary/aromatic N) is 2. The number of aryl methyl sites for hydroxylation is 2. The van der Waals surface area contributed by atoms with Crippen molar-refractivity contribution in [3.05, 3.63) is 34.8 Å². The fourth-order valence-electron chi connectivity index (χ4n) is 2.40. The summed E-state index contributed by atoms with van der Waals surface area (Å²) in [5.74, 6) is 1.05. The van der Waals surface area contributed by atoms with Gasteiger partial charge in [-0.1, -0.05) is 0 Å². The highest BCUT2D eigenvalue weighted by Crippen LogP contribution is 2.31. The summed E-state index contributed by atoms with van der Waals surface area (Å²) in [6.45, 7) is 1.93. The number of aromatic nitrogens is 2. The zero-order valence-corrected chi connectivity index (χ0v) is 14.2. The number of anilines is 1. The number of methoxy groups -OCH3 is 2. The van der Waals surface area contributed by atoms with Crippen LogP contribution in [0.3, 0.4) is 0 Å². The lowest BCUT2D eigenvalue weighted by Crippen LogP contribution is -2.11. The predicted molar refractivity (Wildman–Crippen MR) is 90.8 cm³/mol. The van der Waals surface area contributed by atoms with Crippen LogP contribution in [0.15, 0.2) is 24.3 Å². The van der Waals surface area contributed by atoms with E-state index in [0.717, 1.165) is 15.9 Å². The van der Waals surface area contributed by atoms with Gasteiger partial charge in [-0.25, -0.2) is 0 Å². The molecule has 0 fully saturated rings. The van der Waals surface area contributed by atoms with E-state index in [1.54, 1.807) is 37.1 Å². The molecule has 0 unspecified atom stereocenters. The molecule has 120 valence electrons. The van der Waals surface area contributed by atoms with Crippen LogP contribution in [0.1, 0.15) is 15.4 Å². The Labute approximate surface area is 137 Å². The Bertz CT molecular complexity index is 848. The quantitative estimate of drug-likeness (QED) is 0.797. The molecule has 0 atom stereocenters. The zero-order valence-electron chi connectivity index (χ0n) is 13.3. The standard InChI is InChI=1S/C16H17N3O3S/c1-9-11-8-14(23-16(11)19(2)18-9)15(20)17-12-6-5-10(21-3)7-13(12)22-4/h5-8H,1-4H3,(H,17,20). The highest BCUT2D eigenvalue weighted by atomic mass is 32.1. The summed E-state index contributed by atoms with van der Waals surface area (Å²) in [6.07, 6.45) is 0. The van der Waals surface area contributed by atoms with Crippen LogP contribution in [0.4, 0.5) is 5.69 Å². The van der Waals surface area contributed by atoms with Gasteiger partial charge in [0.2, 0.25) is 0 Å². The molecular formula is C16H17N3O3S. The number of fused-ring (bicyclic) bond motifs is 1. The summed E-state index contributed by atoms with van der Waals surface area (Å²) < 4.78 is 12.2. The molecule has 0 aliphatic carbocycles. The van der Waals surface area contributed by atoms with E-state index in [2.05, 4.69) is 10.4 Å². The third kappa shape index (κ3) is 2.75. The summed E-state index contributed by atoms with van der Waals surface area (Å²) in [6, 6.07) is 7.13. The van der Waals surface area contributed by atoms with Crippen molar-refractivity contribution in [3.63, 3.8) is 0 Å². The van der Waals surface area contributed by atoms with E-state index < -0.39 is 0 Å². The van der Waals surface area contributed by atoms with Crippen molar-refractivity contribution in [3.8, 4) is 11.5 Å². The van der Waals surface area contributed by atoms with E-state index >= 15 is 0 Å². The summed E-state index contributed by atoms with van der Waals surface area (Å²) in [5.41, 5.74) is 1.52. The molecule has 7 heteroatoms. The third-order valence-electron chi connectivity index (χ3n) is 3.58. The monoisotopic (exact) mass is 331 g/mol. The Morgan fingerprint density at radius 3 is 2.70 bits per heavy atom. The molecule has 2 aromatic heterocycles. The Hall–Kier alpha value is -2.54. The first-order valence-corrected chi connectivity index (χ1v) is 7.81. The Morgan fingerprint density at radius 1 is 1.26 bits per heavy atom. The minimum absolute atomic E-state index is 0.172. The predicted octanol–water partition coefficient (Wildman–Crippen LogP) is 3.21. The van der Waals surface area contributed by atoms with Crippen molar-refractivity contribution in [2.45, 2.75) is 6.92 Å². The topological polar surface area (TPSA) is 65.4 Å². The number of rotatable bonds is 4. The number of ether oxygens (including phenoxy) is 2. The molecule has 3 aromatic rings. The zero-order chi connectivity index (χ0) is 16.6. The lowest BCUT2D eigenvalue weighted by atomic mass is 10.2. The van der Waals surface area contributed by atoms with E-state index in [1.807, 2.05) is 20.0 Å². The van der Waals surface area contributed by atoms with Crippen molar-refractivity contribution < 1.29 is 14.3 Å². The minimum Gasteiger partial charge on any atom is -0.497 e. The molecule has 3 rings (SSSR count). The summed E-state index contributed by atoms with van der Waals surface area (Å²) >= 11 is 1.42. The Kier molecular flexibility index (Phi) is 3.96. The molecule has 0 aliphatic rings. The van der Waals surface area contributed by atoms with Crippen LogP contribution in [-0.4, -0.2) is 29.9 Å².